The second-order valence-corrected chi connectivity index (χ2v) is 12.5. The topological polar surface area (TPSA) is 57.5 Å². The first-order valence-corrected chi connectivity index (χ1v) is 12.6. The van der Waals surface area contributed by atoms with Gasteiger partial charge in [0.2, 0.25) is 0 Å². The Kier molecular flexibility index (Phi) is 5.80. The SMILES string of the molecule is CC(CCCC(C)(C)O)[C@H]1CC[C@H]2[C@@H]3CC=C4C(=O)[C@@H](O)CC[C@]4(C)[C@H]3CC[C@]12C. The summed E-state index contributed by atoms with van der Waals surface area (Å²) in [5, 5.41) is 20.2. The number of allylic oxidation sites excluding steroid dienone is 1. The van der Waals surface area contributed by atoms with Gasteiger partial charge in [-0.2, -0.15) is 0 Å². The largest absolute Gasteiger partial charge is 0.390 e. The Morgan fingerprint density at radius 2 is 1.87 bits per heavy atom. The van der Waals surface area contributed by atoms with Crippen LogP contribution in [-0.4, -0.2) is 27.7 Å². The summed E-state index contributed by atoms with van der Waals surface area (Å²) in [6.45, 7) is 11.2. The fraction of sp³-hybridized carbons (Fsp3) is 0.889. The number of aliphatic hydroxyl groups excluding tert-OH is 1. The molecule has 0 heterocycles. The minimum Gasteiger partial charge on any atom is -0.390 e. The van der Waals surface area contributed by atoms with E-state index in [-0.39, 0.29) is 11.2 Å². The van der Waals surface area contributed by atoms with E-state index in [9.17, 15) is 15.0 Å². The standard InChI is InChI=1S/C27H44O3/c1-17(7-6-14-25(2,3)30)19-10-11-20-18-8-9-22-24(29)23(28)13-16-27(22,5)21(18)12-15-26(19,20)4/h9,17-21,23,28,30H,6-8,10-16H2,1-5H3/t17?,18-,19+,20-,21-,23-,26+,27+/m0/s1. The van der Waals surface area contributed by atoms with Crippen molar-refractivity contribution < 1.29 is 15.0 Å². The second kappa shape index (κ2) is 7.73. The predicted molar refractivity (Wildman–Crippen MR) is 121 cm³/mol. The molecule has 0 radical (unpaired) electrons. The molecule has 0 bridgehead atoms. The Morgan fingerprint density at radius 1 is 1.13 bits per heavy atom. The smallest absolute Gasteiger partial charge is 0.187 e. The molecule has 170 valence electrons. The monoisotopic (exact) mass is 416 g/mol. The summed E-state index contributed by atoms with van der Waals surface area (Å²) in [7, 11) is 0. The predicted octanol–water partition coefficient (Wildman–Crippen LogP) is 5.68. The maximum atomic E-state index is 12.7. The highest BCUT2D eigenvalue weighted by Gasteiger charge is 2.60. The van der Waals surface area contributed by atoms with Crippen molar-refractivity contribution in [3.8, 4) is 0 Å². The fourth-order valence-electron chi connectivity index (χ4n) is 8.58. The molecule has 3 nitrogen and oxygen atoms in total. The molecule has 0 aromatic heterocycles. The molecule has 3 heteroatoms. The summed E-state index contributed by atoms with van der Waals surface area (Å²) >= 11 is 0. The van der Waals surface area contributed by atoms with Gasteiger partial charge in [0.1, 0.15) is 6.10 Å². The average molecular weight is 417 g/mol. The molecular formula is C27H44O3. The van der Waals surface area contributed by atoms with Crippen molar-refractivity contribution in [1.29, 1.82) is 0 Å². The Bertz CT molecular complexity index is 703. The summed E-state index contributed by atoms with van der Waals surface area (Å²) in [4.78, 5) is 12.7. The van der Waals surface area contributed by atoms with Crippen LogP contribution in [0.5, 0.6) is 0 Å². The second-order valence-electron chi connectivity index (χ2n) is 12.5. The Morgan fingerprint density at radius 3 is 2.57 bits per heavy atom. The van der Waals surface area contributed by atoms with Gasteiger partial charge in [0, 0.05) is 5.57 Å². The number of Topliss-reactive ketones (excluding diaryl/α,β-unsaturated/α-hetero) is 1. The third kappa shape index (κ3) is 3.62. The highest BCUT2D eigenvalue weighted by Crippen LogP contribution is 2.67. The zero-order valence-electron chi connectivity index (χ0n) is 19.9. The number of rotatable bonds is 5. The van der Waals surface area contributed by atoms with Crippen molar-refractivity contribution >= 4 is 5.78 Å². The van der Waals surface area contributed by atoms with Gasteiger partial charge in [-0.25, -0.2) is 0 Å². The third-order valence-corrected chi connectivity index (χ3v) is 10.2. The molecule has 4 aliphatic rings. The van der Waals surface area contributed by atoms with Crippen molar-refractivity contribution in [2.45, 2.75) is 111 Å². The van der Waals surface area contributed by atoms with Crippen LogP contribution < -0.4 is 0 Å². The van der Waals surface area contributed by atoms with Crippen LogP contribution >= 0.6 is 0 Å². The lowest BCUT2D eigenvalue weighted by atomic mass is 9.46. The zero-order valence-corrected chi connectivity index (χ0v) is 19.9. The van der Waals surface area contributed by atoms with E-state index in [2.05, 4.69) is 26.8 Å². The number of fused-ring (bicyclic) bond motifs is 5. The molecular weight excluding hydrogens is 372 g/mol. The first-order chi connectivity index (χ1) is 14.0. The van der Waals surface area contributed by atoms with Gasteiger partial charge >= 0.3 is 0 Å². The Balaban J connectivity index is 1.50. The molecule has 0 aliphatic heterocycles. The van der Waals surface area contributed by atoms with E-state index >= 15 is 0 Å². The van der Waals surface area contributed by atoms with Crippen LogP contribution in [0.2, 0.25) is 0 Å². The Hall–Kier alpha value is -0.670. The summed E-state index contributed by atoms with van der Waals surface area (Å²) in [5.74, 6) is 3.61. The van der Waals surface area contributed by atoms with Gasteiger partial charge in [0.15, 0.2) is 5.78 Å². The van der Waals surface area contributed by atoms with E-state index in [1.807, 2.05) is 13.8 Å². The first kappa shape index (κ1) is 22.5. The summed E-state index contributed by atoms with van der Waals surface area (Å²) in [6, 6.07) is 0. The van der Waals surface area contributed by atoms with Crippen LogP contribution in [-0.2, 0) is 4.79 Å². The van der Waals surface area contributed by atoms with Gasteiger partial charge in [0.25, 0.3) is 0 Å². The normalized spacial score (nSPS) is 44.7. The highest BCUT2D eigenvalue weighted by atomic mass is 16.3. The van der Waals surface area contributed by atoms with Crippen LogP contribution in [0.25, 0.3) is 0 Å². The maximum absolute atomic E-state index is 12.7. The van der Waals surface area contributed by atoms with E-state index in [4.69, 9.17) is 0 Å². The molecule has 0 amide bonds. The van der Waals surface area contributed by atoms with Gasteiger partial charge in [-0.3, -0.25) is 4.79 Å². The van der Waals surface area contributed by atoms with Crippen LogP contribution in [0.15, 0.2) is 11.6 Å². The molecule has 0 saturated heterocycles. The molecule has 3 saturated carbocycles. The van der Waals surface area contributed by atoms with E-state index < -0.39 is 11.7 Å². The molecule has 1 unspecified atom stereocenters. The van der Waals surface area contributed by atoms with Crippen LogP contribution in [0.3, 0.4) is 0 Å². The molecule has 4 aliphatic carbocycles. The number of hydrogen-bond acceptors (Lipinski definition) is 3. The maximum Gasteiger partial charge on any atom is 0.187 e. The van der Waals surface area contributed by atoms with Crippen LogP contribution in [0.1, 0.15) is 98.8 Å². The van der Waals surface area contributed by atoms with E-state index in [0.29, 0.717) is 23.7 Å². The van der Waals surface area contributed by atoms with Gasteiger partial charge < -0.3 is 10.2 Å². The lowest BCUT2D eigenvalue weighted by Gasteiger charge is -2.58. The number of carbonyl (C=O) groups excluding carboxylic acids is 1. The number of hydrogen-bond donors (Lipinski definition) is 2. The van der Waals surface area contributed by atoms with Crippen LogP contribution in [0.4, 0.5) is 0 Å². The third-order valence-electron chi connectivity index (χ3n) is 10.2. The molecule has 2 N–H and O–H groups in total. The average Bonchev–Trinajstić information content (AvgIpc) is 3.01. The van der Waals surface area contributed by atoms with Crippen molar-refractivity contribution in [2.75, 3.05) is 0 Å². The first-order valence-electron chi connectivity index (χ1n) is 12.6. The van der Waals surface area contributed by atoms with Gasteiger partial charge in [-0.1, -0.05) is 39.7 Å². The molecule has 0 spiro atoms. The molecule has 0 aromatic carbocycles. The summed E-state index contributed by atoms with van der Waals surface area (Å²) in [5.41, 5.74) is 0.819. The summed E-state index contributed by atoms with van der Waals surface area (Å²) in [6.07, 6.45) is 12.5. The molecule has 3 fully saturated rings. The Labute approximate surface area is 183 Å². The zero-order chi connectivity index (χ0) is 21.9. The van der Waals surface area contributed by atoms with Gasteiger partial charge in [-0.05, 0) is 106 Å². The number of carbonyl (C=O) groups is 1. The van der Waals surface area contributed by atoms with Crippen molar-refractivity contribution in [3.05, 3.63) is 11.6 Å². The molecule has 30 heavy (non-hydrogen) atoms. The number of aliphatic hydroxyl groups is 2. The lowest BCUT2D eigenvalue weighted by molar-refractivity contribution is -0.131. The minimum absolute atomic E-state index is 0.0141. The highest BCUT2D eigenvalue weighted by molar-refractivity contribution is 6.00. The van der Waals surface area contributed by atoms with E-state index in [1.54, 1.807) is 0 Å². The quantitative estimate of drug-likeness (QED) is 0.606. The summed E-state index contributed by atoms with van der Waals surface area (Å²) < 4.78 is 0. The van der Waals surface area contributed by atoms with Crippen molar-refractivity contribution in [3.63, 3.8) is 0 Å². The fourth-order valence-corrected chi connectivity index (χ4v) is 8.58. The van der Waals surface area contributed by atoms with Crippen molar-refractivity contribution in [2.24, 2.45) is 40.4 Å². The van der Waals surface area contributed by atoms with Gasteiger partial charge in [0.05, 0.1) is 5.60 Å². The lowest BCUT2D eigenvalue weighted by Crippen LogP contribution is -2.52. The van der Waals surface area contributed by atoms with E-state index in [0.717, 1.165) is 49.0 Å². The van der Waals surface area contributed by atoms with Crippen LogP contribution in [0, 0.1) is 40.4 Å². The van der Waals surface area contributed by atoms with Gasteiger partial charge in [-0.15, -0.1) is 0 Å². The van der Waals surface area contributed by atoms with Crippen molar-refractivity contribution in [1.82, 2.24) is 0 Å². The number of ketones is 1. The molecule has 8 atom stereocenters. The molecule has 4 rings (SSSR count). The molecule has 0 aromatic rings. The minimum atomic E-state index is -0.768. The van der Waals surface area contributed by atoms with E-state index in [1.165, 1.54) is 32.1 Å².